The zero-order valence-electron chi connectivity index (χ0n) is 14.0. The number of hydrogen-bond acceptors (Lipinski definition) is 2. The first-order valence-corrected chi connectivity index (χ1v) is 8.26. The average Bonchev–Trinajstić information content (AvgIpc) is 2.99. The second-order valence-corrected chi connectivity index (χ2v) is 6.39. The monoisotopic (exact) mass is 322 g/mol. The number of amides is 2. The molecule has 24 heavy (non-hydrogen) atoms. The molecule has 0 aliphatic carbocycles. The molecule has 0 saturated carbocycles. The number of aryl methyl sites for hydroxylation is 1. The molecule has 2 amide bonds. The van der Waals surface area contributed by atoms with Crippen molar-refractivity contribution in [3.05, 3.63) is 65.7 Å². The van der Waals surface area contributed by atoms with E-state index in [0.29, 0.717) is 6.54 Å². The summed E-state index contributed by atoms with van der Waals surface area (Å²) in [4.78, 5) is 26.6. The molecule has 1 aliphatic heterocycles. The van der Waals surface area contributed by atoms with Crippen LogP contribution in [0.3, 0.4) is 0 Å². The molecule has 124 valence electrons. The normalized spacial score (nSPS) is 18.5. The molecule has 0 spiro atoms. The lowest BCUT2D eigenvalue weighted by molar-refractivity contribution is -0.129. The Hall–Kier alpha value is -2.62. The van der Waals surface area contributed by atoms with Gasteiger partial charge in [-0.2, -0.15) is 0 Å². The molecule has 1 N–H and O–H groups in total. The fourth-order valence-electron chi connectivity index (χ4n) is 3.07. The van der Waals surface area contributed by atoms with Crippen LogP contribution in [-0.4, -0.2) is 23.3 Å². The Morgan fingerprint density at radius 3 is 2.46 bits per heavy atom. The molecule has 1 saturated heterocycles. The standard InChI is InChI=1S/C20H22N2O2/c1-14-8-10-18(11-9-14)21-20(24)17-12-19(23)22(13-17)15(2)16-6-4-3-5-7-16/h3-11,15,17H,12-13H2,1-2H3,(H,21,24)/t15-,17-/m1/s1. The van der Waals surface area contributed by atoms with Crippen molar-refractivity contribution in [1.82, 2.24) is 4.90 Å². The second kappa shape index (κ2) is 6.87. The molecule has 0 aromatic heterocycles. The smallest absolute Gasteiger partial charge is 0.229 e. The van der Waals surface area contributed by atoms with Crippen molar-refractivity contribution in [3.8, 4) is 0 Å². The highest BCUT2D eigenvalue weighted by Gasteiger charge is 2.36. The Morgan fingerprint density at radius 2 is 1.79 bits per heavy atom. The second-order valence-electron chi connectivity index (χ2n) is 6.39. The predicted octanol–water partition coefficient (Wildman–Crippen LogP) is 3.54. The number of carbonyl (C=O) groups is 2. The van der Waals surface area contributed by atoms with Crippen molar-refractivity contribution in [2.75, 3.05) is 11.9 Å². The number of nitrogens with one attached hydrogen (secondary N) is 1. The minimum atomic E-state index is -0.301. The summed E-state index contributed by atoms with van der Waals surface area (Å²) in [5.74, 6) is -0.352. The minimum absolute atomic E-state index is 0.0177. The van der Waals surface area contributed by atoms with Gasteiger partial charge in [0.05, 0.1) is 12.0 Å². The van der Waals surface area contributed by atoms with E-state index in [2.05, 4.69) is 5.32 Å². The van der Waals surface area contributed by atoms with Gasteiger partial charge in [0.15, 0.2) is 0 Å². The minimum Gasteiger partial charge on any atom is -0.335 e. The zero-order valence-corrected chi connectivity index (χ0v) is 14.0. The summed E-state index contributed by atoms with van der Waals surface area (Å²) in [6.45, 7) is 4.48. The highest BCUT2D eigenvalue weighted by Crippen LogP contribution is 2.29. The molecule has 1 heterocycles. The number of hydrogen-bond donors (Lipinski definition) is 1. The van der Waals surface area contributed by atoms with E-state index in [4.69, 9.17) is 0 Å². The first kappa shape index (κ1) is 16.2. The Labute approximate surface area is 142 Å². The fourth-order valence-corrected chi connectivity index (χ4v) is 3.07. The summed E-state index contributed by atoms with van der Waals surface area (Å²) in [5.41, 5.74) is 3.00. The van der Waals surface area contributed by atoms with E-state index in [1.165, 1.54) is 0 Å². The third-order valence-electron chi connectivity index (χ3n) is 4.60. The predicted molar refractivity (Wildman–Crippen MR) is 94.5 cm³/mol. The molecule has 4 nitrogen and oxygen atoms in total. The summed E-state index contributed by atoms with van der Waals surface area (Å²) in [6.07, 6.45) is 0.273. The van der Waals surface area contributed by atoms with Crippen LogP contribution in [0.1, 0.15) is 30.5 Å². The fraction of sp³-hybridized carbons (Fsp3) is 0.300. The van der Waals surface area contributed by atoms with Crippen LogP contribution < -0.4 is 5.32 Å². The van der Waals surface area contributed by atoms with Crippen LogP contribution in [0.25, 0.3) is 0 Å². The van der Waals surface area contributed by atoms with Crippen molar-refractivity contribution in [1.29, 1.82) is 0 Å². The highest BCUT2D eigenvalue weighted by molar-refractivity contribution is 5.97. The number of nitrogens with zero attached hydrogens (tertiary/aromatic N) is 1. The molecule has 2 aromatic rings. The van der Waals surface area contributed by atoms with Crippen LogP contribution in [0, 0.1) is 12.8 Å². The molecule has 1 fully saturated rings. The maximum Gasteiger partial charge on any atom is 0.229 e. The van der Waals surface area contributed by atoms with Crippen LogP contribution >= 0.6 is 0 Å². The van der Waals surface area contributed by atoms with Gasteiger partial charge in [-0.3, -0.25) is 9.59 Å². The van der Waals surface area contributed by atoms with Gasteiger partial charge < -0.3 is 10.2 Å². The zero-order chi connectivity index (χ0) is 17.1. The molecule has 0 bridgehead atoms. The van der Waals surface area contributed by atoms with Crippen LogP contribution in [0.5, 0.6) is 0 Å². The lowest BCUT2D eigenvalue weighted by atomic mass is 10.1. The first-order chi connectivity index (χ1) is 11.5. The van der Waals surface area contributed by atoms with Crippen LogP contribution in [-0.2, 0) is 9.59 Å². The lowest BCUT2D eigenvalue weighted by Crippen LogP contribution is -2.30. The SMILES string of the molecule is Cc1ccc(NC(=O)[C@@H]2CC(=O)N([C@H](C)c3ccccc3)C2)cc1. The van der Waals surface area contributed by atoms with Crippen molar-refractivity contribution in [2.24, 2.45) is 5.92 Å². The van der Waals surface area contributed by atoms with Gasteiger partial charge in [0, 0.05) is 18.7 Å². The van der Waals surface area contributed by atoms with Gasteiger partial charge in [-0.1, -0.05) is 48.0 Å². The Bertz CT molecular complexity index is 725. The third kappa shape index (κ3) is 3.48. The molecule has 0 radical (unpaired) electrons. The number of likely N-dealkylation sites (tertiary alicyclic amines) is 1. The van der Waals surface area contributed by atoms with Gasteiger partial charge in [-0.15, -0.1) is 0 Å². The molecular formula is C20H22N2O2. The lowest BCUT2D eigenvalue weighted by Gasteiger charge is -2.25. The van der Waals surface area contributed by atoms with E-state index in [0.717, 1.165) is 16.8 Å². The van der Waals surface area contributed by atoms with E-state index in [-0.39, 0.29) is 30.2 Å². The Kier molecular flexibility index (Phi) is 4.65. The molecule has 3 rings (SSSR count). The Morgan fingerprint density at radius 1 is 1.12 bits per heavy atom. The number of benzene rings is 2. The van der Waals surface area contributed by atoms with Gasteiger partial charge in [0.1, 0.15) is 0 Å². The van der Waals surface area contributed by atoms with E-state index >= 15 is 0 Å². The molecule has 4 heteroatoms. The topological polar surface area (TPSA) is 49.4 Å². The van der Waals surface area contributed by atoms with Crippen molar-refractivity contribution >= 4 is 17.5 Å². The number of anilines is 1. The molecule has 2 aromatic carbocycles. The van der Waals surface area contributed by atoms with Crippen molar-refractivity contribution in [3.63, 3.8) is 0 Å². The van der Waals surface area contributed by atoms with Crippen LogP contribution in [0.4, 0.5) is 5.69 Å². The van der Waals surface area contributed by atoms with Gasteiger partial charge in [0.2, 0.25) is 11.8 Å². The quantitative estimate of drug-likeness (QED) is 0.936. The maximum atomic E-state index is 12.5. The summed E-state index contributed by atoms with van der Waals surface area (Å²) >= 11 is 0. The molecule has 2 atom stereocenters. The summed E-state index contributed by atoms with van der Waals surface area (Å²) < 4.78 is 0. The van der Waals surface area contributed by atoms with E-state index < -0.39 is 0 Å². The van der Waals surface area contributed by atoms with Gasteiger partial charge in [-0.25, -0.2) is 0 Å². The summed E-state index contributed by atoms with van der Waals surface area (Å²) in [6, 6.07) is 17.6. The van der Waals surface area contributed by atoms with Crippen LogP contribution in [0.15, 0.2) is 54.6 Å². The van der Waals surface area contributed by atoms with E-state index in [1.807, 2.05) is 68.4 Å². The number of rotatable bonds is 4. The van der Waals surface area contributed by atoms with Crippen LogP contribution in [0.2, 0.25) is 0 Å². The average molecular weight is 322 g/mol. The van der Waals surface area contributed by atoms with Crippen molar-refractivity contribution in [2.45, 2.75) is 26.3 Å². The third-order valence-corrected chi connectivity index (χ3v) is 4.60. The van der Waals surface area contributed by atoms with Gasteiger partial charge in [0.25, 0.3) is 0 Å². The number of carbonyl (C=O) groups excluding carboxylic acids is 2. The highest BCUT2D eigenvalue weighted by atomic mass is 16.2. The summed E-state index contributed by atoms with van der Waals surface area (Å²) in [5, 5.41) is 2.91. The van der Waals surface area contributed by atoms with Crippen molar-refractivity contribution < 1.29 is 9.59 Å². The molecule has 0 unspecified atom stereocenters. The van der Waals surface area contributed by atoms with Gasteiger partial charge >= 0.3 is 0 Å². The first-order valence-electron chi connectivity index (χ1n) is 8.26. The largest absolute Gasteiger partial charge is 0.335 e. The molecule has 1 aliphatic rings. The molecular weight excluding hydrogens is 300 g/mol. The Balaban J connectivity index is 1.65. The maximum absolute atomic E-state index is 12.5. The van der Waals surface area contributed by atoms with E-state index in [9.17, 15) is 9.59 Å². The summed E-state index contributed by atoms with van der Waals surface area (Å²) in [7, 11) is 0. The van der Waals surface area contributed by atoms with E-state index in [1.54, 1.807) is 4.90 Å². The van der Waals surface area contributed by atoms with Gasteiger partial charge in [-0.05, 0) is 31.5 Å².